The molecule has 2 unspecified atom stereocenters. The first-order chi connectivity index (χ1) is 18.2. The number of hydrogen-bond acceptors (Lipinski definition) is 8. The van der Waals surface area contributed by atoms with Crippen LogP contribution < -0.4 is 10.1 Å². The Hall–Kier alpha value is -3.68. The van der Waals surface area contributed by atoms with Gasteiger partial charge in [-0.25, -0.2) is 4.98 Å². The minimum absolute atomic E-state index is 0.0264. The fraction of sp³-hybridized carbons (Fsp3) is 0.429. The third kappa shape index (κ3) is 5.90. The highest BCUT2D eigenvalue weighted by Gasteiger charge is 2.43. The Balaban J connectivity index is 1.47. The zero-order valence-corrected chi connectivity index (χ0v) is 22.7. The number of aromatic nitrogens is 2. The lowest BCUT2D eigenvalue weighted by atomic mass is 9.91. The van der Waals surface area contributed by atoms with Crippen molar-refractivity contribution in [1.82, 2.24) is 20.4 Å². The van der Waals surface area contributed by atoms with Crippen molar-refractivity contribution < 1.29 is 24.0 Å². The van der Waals surface area contributed by atoms with Crippen LogP contribution in [0.4, 0.5) is 0 Å². The van der Waals surface area contributed by atoms with Gasteiger partial charge in [-0.05, 0) is 36.0 Å². The lowest BCUT2D eigenvalue weighted by Crippen LogP contribution is -2.48. The molecule has 2 N–H and O–H groups in total. The Morgan fingerprint density at radius 3 is 2.68 bits per heavy atom. The Morgan fingerprint density at radius 1 is 1.32 bits per heavy atom. The van der Waals surface area contributed by atoms with Gasteiger partial charge in [0.2, 0.25) is 11.8 Å². The van der Waals surface area contributed by atoms with Crippen LogP contribution in [0.15, 0.2) is 40.4 Å². The molecule has 2 aromatic heterocycles. The third-order valence-corrected chi connectivity index (χ3v) is 7.67. The minimum Gasteiger partial charge on any atom is -0.462 e. The average molecular weight is 537 g/mol. The molecular weight excluding hydrogens is 504 g/mol. The van der Waals surface area contributed by atoms with Crippen LogP contribution in [0.25, 0.3) is 10.4 Å². The van der Waals surface area contributed by atoms with Crippen LogP contribution in [0.2, 0.25) is 0 Å². The number of β-amino-alcohol motifs (C(OH)–C–C–N with tert-alkyl or cyclic N) is 1. The summed E-state index contributed by atoms with van der Waals surface area (Å²) in [5.74, 6) is 1.38. The van der Waals surface area contributed by atoms with Crippen LogP contribution in [0.3, 0.4) is 0 Å². The number of aliphatic hydroxyl groups excluding tert-OH is 1. The van der Waals surface area contributed by atoms with Gasteiger partial charge < -0.3 is 24.6 Å². The summed E-state index contributed by atoms with van der Waals surface area (Å²) in [6.07, 6.45) is 4.58. The number of aryl methyl sites for hydroxylation is 1. The van der Waals surface area contributed by atoms with Crippen molar-refractivity contribution in [3.63, 3.8) is 0 Å². The molecule has 4 atom stereocenters. The molecule has 1 saturated heterocycles. The molecule has 0 bridgehead atoms. The van der Waals surface area contributed by atoms with Crippen molar-refractivity contribution in [2.24, 2.45) is 5.92 Å². The van der Waals surface area contributed by atoms with E-state index in [1.807, 2.05) is 57.5 Å². The molecule has 1 aliphatic heterocycles. The maximum atomic E-state index is 13.7. The number of terminal acetylenes is 1. The number of benzene rings is 1. The quantitative estimate of drug-likeness (QED) is 0.401. The Labute approximate surface area is 226 Å². The standard InChI is InChI=1S/C28H32N4O5S/c1-6-11-36-24-13-23(37-31-24)25(16(2)3)28(35)32-14-21(33)12-22(32)27(34)30-17(4)19-7-9-20(10-8-19)26-18(5)29-15-38-26/h1,7-10,13,15-17,21-22,25,33H,11-12,14H2,2-5H3,(H,30,34)/t17?,21-,22+,25?/m1/s1. The first kappa shape index (κ1) is 27.4. The molecular formula is C28H32N4O5S. The number of carbonyl (C=O) groups is 2. The molecule has 1 aliphatic rings. The second kappa shape index (κ2) is 11.8. The van der Waals surface area contributed by atoms with Crippen molar-refractivity contribution in [2.75, 3.05) is 13.2 Å². The number of hydrogen-bond donors (Lipinski definition) is 2. The highest BCUT2D eigenvalue weighted by atomic mass is 32.1. The van der Waals surface area contributed by atoms with Crippen molar-refractivity contribution in [1.29, 1.82) is 0 Å². The van der Waals surface area contributed by atoms with E-state index >= 15 is 0 Å². The lowest BCUT2D eigenvalue weighted by Gasteiger charge is -2.29. The monoisotopic (exact) mass is 536 g/mol. The number of rotatable bonds is 9. The van der Waals surface area contributed by atoms with E-state index in [1.165, 1.54) is 4.90 Å². The zero-order chi connectivity index (χ0) is 27.4. The predicted octanol–water partition coefficient (Wildman–Crippen LogP) is 3.70. The number of amides is 2. The van der Waals surface area contributed by atoms with Crippen molar-refractivity contribution in [3.05, 3.63) is 52.9 Å². The van der Waals surface area contributed by atoms with Crippen LogP contribution in [0, 0.1) is 25.2 Å². The second-order valence-corrected chi connectivity index (χ2v) is 10.7. The normalized spacial score (nSPS) is 18.7. The van der Waals surface area contributed by atoms with Crippen LogP contribution in [-0.4, -0.2) is 57.3 Å². The summed E-state index contributed by atoms with van der Waals surface area (Å²) >= 11 is 1.59. The molecule has 2 amide bonds. The van der Waals surface area contributed by atoms with Gasteiger partial charge in [-0.3, -0.25) is 9.59 Å². The fourth-order valence-corrected chi connectivity index (χ4v) is 5.53. The number of nitrogens with one attached hydrogen (secondary N) is 1. The van der Waals surface area contributed by atoms with Gasteiger partial charge in [0, 0.05) is 19.0 Å². The molecule has 0 aliphatic carbocycles. The van der Waals surface area contributed by atoms with E-state index in [0.717, 1.165) is 21.7 Å². The van der Waals surface area contributed by atoms with E-state index < -0.39 is 18.1 Å². The van der Waals surface area contributed by atoms with Crippen LogP contribution in [-0.2, 0) is 9.59 Å². The van der Waals surface area contributed by atoms with Gasteiger partial charge in [-0.1, -0.05) is 44.0 Å². The largest absolute Gasteiger partial charge is 0.462 e. The summed E-state index contributed by atoms with van der Waals surface area (Å²) in [4.78, 5) is 33.9. The molecule has 0 radical (unpaired) electrons. The lowest BCUT2D eigenvalue weighted by molar-refractivity contribution is -0.141. The minimum atomic E-state index is -0.805. The predicted molar refractivity (Wildman–Crippen MR) is 143 cm³/mol. The van der Waals surface area contributed by atoms with Crippen LogP contribution >= 0.6 is 11.3 Å². The number of likely N-dealkylation sites (tertiary alicyclic amines) is 1. The summed E-state index contributed by atoms with van der Waals surface area (Å²) in [5.41, 5.74) is 4.81. The second-order valence-electron chi connectivity index (χ2n) is 9.80. The number of aliphatic hydroxyl groups is 1. The fourth-order valence-electron chi connectivity index (χ4n) is 4.72. The summed E-state index contributed by atoms with van der Waals surface area (Å²) in [7, 11) is 0. The van der Waals surface area contributed by atoms with Crippen LogP contribution in [0.5, 0.6) is 5.88 Å². The maximum Gasteiger partial charge on any atom is 0.255 e. The number of thiazole rings is 1. The van der Waals surface area contributed by atoms with Gasteiger partial charge >= 0.3 is 0 Å². The van der Waals surface area contributed by atoms with Gasteiger partial charge in [0.25, 0.3) is 5.88 Å². The highest BCUT2D eigenvalue weighted by molar-refractivity contribution is 7.13. The molecule has 0 spiro atoms. The van der Waals surface area contributed by atoms with E-state index in [-0.39, 0.29) is 49.2 Å². The molecule has 200 valence electrons. The van der Waals surface area contributed by atoms with Crippen molar-refractivity contribution >= 4 is 23.2 Å². The van der Waals surface area contributed by atoms with Gasteiger partial charge in [0.15, 0.2) is 12.4 Å². The molecule has 0 saturated carbocycles. The van der Waals surface area contributed by atoms with Gasteiger partial charge in [-0.15, -0.1) is 17.8 Å². The van der Waals surface area contributed by atoms with Gasteiger partial charge in [-0.2, -0.15) is 0 Å². The molecule has 10 heteroatoms. The van der Waals surface area contributed by atoms with E-state index in [0.29, 0.717) is 5.76 Å². The Bertz CT molecular complexity index is 1310. The molecule has 1 fully saturated rings. The number of carbonyl (C=O) groups excluding carboxylic acids is 2. The van der Waals surface area contributed by atoms with Gasteiger partial charge in [0.1, 0.15) is 12.0 Å². The Kier molecular flexibility index (Phi) is 8.49. The molecule has 4 rings (SSSR count). The third-order valence-electron chi connectivity index (χ3n) is 6.69. The molecule has 3 aromatic rings. The summed E-state index contributed by atoms with van der Waals surface area (Å²) in [6, 6.07) is 8.43. The first-order valence-corrected chi connectivity index (χ1v) is 13.4. The van der Waals surface area contributed by atoms with Gasteiger partial charge in [0.05, 0.1) is 28.2 Å². The number of nitrogens with zero attached hydrogens (tertiary/aromatic N) is 3. The average Bonchev–Trinajstić information content (AvgIpc) is 3.62. The van der Waals surface area contributed by atoms with E-state index in [1.54, 1.807) is 17.4 Å². The van der Waals surface area contributed by atoms with Crippen molar-refractivity contribution in [3.8, 4) is 28.7 Å². The Morgan fingerprint density at radius 2 is 2.05 bits per heavy atom. The van der Waals surface area contributed by atoms with Crippen LogP contribution in [0.1, 0.15) is 56.2 Å². The summed E-state index contributed by atoms with van der Waals surface area (Å²) < 4.78 is 10.7. The van der Waals surface area contributed by atoms with E-state index in [2.05, 4.69) is 21.4 Å². The molecule has 9 nitrogen and oxygen atoms in total. The molecule has 3 heterocycles. The SMILES string of the molecule is C#CCOc1cc(C(C(=O)N2C[C@H](O)C[C@H]2C(=O)NC(C)c2ccc(-c3scnc3C)cc2)C(C)C)on1. The van der Waals surface area contributed by atoms with E-state index in [9.17, 15) is 14.7 Å². The van der Waals surface area contributed by atoms with E-state index in [4.69, 9.17) is 15.7 Å². The summed E-state index contributed by atoms with van der Waals surface area (Å²) in [5, 5.41) is 17.3. The number of ether oxygens (including phenoxy) is 1. The topological polar surface area (TPSA) is 118 Å². The molecule has 38 heavy (non-hydrogen) atoms. The smallest absolute Gasteiger partial charge is 0.255 e. The molecule has 1 aromatic carbocycles. The first-order valence-electron chi connectivity index (χ1n) is 12.5. The highest BCUT2D eigenvalue weighted by Crippen LogP contribution is 2.33. The summed E-state index contributed by atoms with van der Waals surface area (Å²) in [6.45, 7) is 7.72. The van der Waals surface area contributed by atoms with Crippen molar-refractivity contribution in [2.45, 2.75) is 58.2 Å². The zero-order valence-electron chi connectivity index (χ0n) is 21.9. The maximum absolute atomic E-state index is 13.7.